The first-order valence-electron chi connectivity index (χ1n) is 18.1. The van der Waals surface area contributed by atoms with E-state index < -0.39 is 0 Å². The minimum atomic E-state index is 0.00473. The van der Waals surface area contributed by atoms with Gasteiger partial charge in [0, 0.05) is 34.7 Å². The first-order chi connectivity index (χ1) is 24.0. The van der Waals surface area contributed by atoms with Crippen molar-refractivity contribution in [3.8, 4) is 34.1 Å². The van der Waals surface area contributed by atoms with E-state index in [1.807, 2.05) is 6.20 Å². The summed E-state index contributed by atoms with van der Waals surface area (Å²) in [5.74, 6) is 2.81. The molecule has 0 aliphatic heterocycles. The lowest BCUT2D eigenvalue weighted by Gasteiger charge is -2.20. The fourth-order valence-corrected chi connectivity index (χ4v) is 7.16. The fraction of sp³-hybridized carbons (Fsp3) is 0.289. The lowest BCUT2D eigenvalue weighted by atomic mass is 9.88. The third-order valence-corrected chi connectivity index (χ3v) is 9.80. The molecule has 0 aliphatic rings. The van der Waals surface area contributed by atoms with E-state index in [9.17, 15) is 0 Å². The topological polar surface area (TPSA) is 44.9 Å². The molecule has 0 saturated heterocycles. The van der Waals surface area contributed by atoms with Crippen LogP contribution >= 0.6 is 0 Å². The molecule has 0 atom stereocenters. The van der Waals surface area contributed by atoms with Crippen LogP contribution in [0.1, 0.15) is 88.9 Å². The molecule has 0 amide bonds. The zero-order valence-electron chi connectivity index (χ0n) is 30.7. The highest BCUT2D eigenvalue weighted by atomic mass is 16.5. The molecular weight excluding hydrogens is 613 g/mol. The van der Waals surface area contributed by atoms with E-state index in [1.54, 1.807) is 0 Å². The van der Waals surface area contributed by atoms with Crippen LogP contribution in [0.3, 0.4) is 0 Å². The smallest absolute Gasteiger partial charge is 0.137 e. The molecule has 0 fully saturated rings. The summed E-state index contributed by atoms with van der Waals surface area (Å²) in [6, 6.07) is 34.8. The van der Waals surface area contributed by atoms with Crippen molar-refractivity contribution >= 4 is 21.8 Å². The Morgan fingerprint density at radius 3 is 2.30 bits per heavy atom. The van der Waals surface area contributed by atoms with Crippen molar-refractivity contribution in [2.45, 2.75) is 86.0 Å². The highest BCUT2D eigenvalue weighted by Gasteiger charge is 2.21. The van der Waals surface area contributed by atoms with Crippen molar-refractivity contribution in [3.63, 3.8) is 0 Å². The first-order valence-corrected chi connectivity index (χ1v) is 18.1. The number of pyridine rings is 1. The van der Waals surface area contributed by atoms with Gasteiger partial charge < -0.3 is 4.74 Å². The number of benzene rings is 4. The molecule has 0 unspecified atom stereocenters. The Kier molecular flexibility index (Phi) is 8.86. The molecule has 4 aromatic carbocycles. The van der Waals surface area contributed by atoms with E-state index >= 15 is 0 Å². The van der Waals surface area contributed by atoms with Crippen LogP contribution in [0.15, 0.2) is 103 Å². The molecule has 5 heteroatoms. The average Bonchev–Trinajstić information content (AvgIpc) is 3.61. The van der Waals surface area contributed by atoms with Crippen LogP contribution in [0, 0.1) is 6.92 Å². The normalized spacial score (nSPS) is 12.0. The van der Waals surface area contributed by atoms with Crippen LogP contribution in [-0.2, 0) is 18.3 Å². The van der Waals surface area contributed by atoms with E-state index in [4.69, 9.17) is 14.8 Å². The fourth-order valence-electron chi connectivity index (χ4n) is 7.16. The Hall–Kier alpha value is -5.16. The van der Waals surface area contributed by atoms with Crippen molar-refractivity contribution in [2.24, 2.45) is 0 Å². The molecule has 3 heterocycles. The van der Waals surface area contributed by atoms with Gasteiger partial charge in [0.25, 0.3) is 0 Å². The zero-order valence-corrected chi connectivity index (χ0v) is 30.7. The second-order valence-electron chi connectivity index (χ2n) is 14.8. The van der Waals surface area contributed by atoms with Crippen LogP contribution in [0.4, 0.5) is 0 Å². The number of hydrogen-bond donors (Lipinski definition) is 0. The molecule has 7 rings (SSSR count). The third-order valence-electron chi connectivity index (χ3n) is 9.80. The summed E-state index contributed by atoms with van der Waals surface area (Å²) in [7, 11) is 0. The number of nitrogens with zero attached hydrogens (tertiary/aromatic N) is 4. The maximum absolute atomic E-state index is 6.79. The van der Waals surface area contributed by atoms with Crippen molar-refractivity contribution in [3.05, 3.63) is 131 Å². The molecule has 0 bridgehead atoms. The number of hydrogen-bond acceptors (Lipinski definition) is 3. The predicted molar refractivity (Wildman–Crippen MR) is 209 cm³/mol. The van der Waals surface area contributed by atoms with Gasteiger partial charge in [-0.3, -0.25) is 4.57 Å². The first kappa shape index (κ1) is 33.3. The largest absolute Gasteiger partial charge is 0.457 e. The van der Waals surface area contributed by atoms with Crippen molar-refractivity contribution in [1.82, 2.24) is 19.3 Å². The van der Waals surface area contributed by atoms with Gasteiger partial charge in [-0.05, 0) is 102 Å². The maximum atomic E-state index is 6.79. The molecular formula is C45H48N4O. The van der Waals surface area contributed by atoms with Crippen LogP contribution in [0.5, 0.6) is 11.5 Å². The summed E-state index contributed by atoms with van der Waals surface area (Å²) in [5.41, 5.74) is 11.7. The monoisotopic (exact) mass is 660 g/mol. The number of aromatic nitrogens is 4. The highest BCUT2D eigenvalue weighted by molar-refractivity contribution is 6.09. The van der Waals surface area contributed by atoms with E-state index in [2.05, 4.69) is 162 Å². The molecule has 254 valence electrons. The van der Waals surface area contributed by atoms with Gasteiger partial charge in [-0.25, -0.2) is 9.67 Å². The summed E-state index contributed by atoms with van der Waals surface area (Å²) in [5, 5.41) is 7.51. The number of fused-ring (bicyclic) bond motifs is 3. The van der Waals surface area contributed by atoms with Crippen LogP contribution in [0.2, 0.25) is 0 Å². The molecule has 0 N–H and O–H groups in total. The van der Waals surface area contributed by atoms with E-state index in [-0.39, 0.29) is 5.41 Å². The van der Waals surface area contributed by atoms with Crippen LogP contribution in [0.25, 0.3) is 44.4 Å². The quantitative estimate of drug-likeness (QED) is 0.155. The van der Waals surface area contributed by atoms with Gasteiger partial charge in [0.05, 0.1) is 28.1 Å². The number of ether oxygens (including phenoxy) is 1. The van der Waals surface area contributed by atoms with Gasteiger partial charge in [0.2, 0.25) is 0 Å². The Balaban J connectivity index is 1.36. The number of rotatable bonds is 9. The minimum absolute atomic E-state index is 0.00473. The Morgan fingerprint density at radius 2 is 1.58 bits per heavy atom. The van der Waals surface area contributed by atoms with Gasteiger partial charge in [0.15, 0.2) is 0 Å². The van der Waals surface area contributed by atoms with Gasteiger partial charge >= 0.3 is 0 Å². The van der Waals surface area contributed by atoms with Crippen LogP contribution in [-0.4, -0.2) is 19.3 Å². The summed E-state index contributed by atoms with van der Waals surface area (Å²) in [6.07, 6.45) is 4.96. The van der Waals surface area contributed by atoms with Gasteiger partial charge in [-0.15, -0.1) is 0 Å². The van der Waals surface area contributed by atoms with Crippen molar-refractivity contribution in [2.75, 3.05) is 0 Å². The van der Waals surface area contributed by atoms with E-state index in [0.29, 0.717) is 5.92 Å². The molecule has 5 nitrogen and oxygen atoms in total. The highest BCUT2D eigenvalue weighted by Crippen LogP contribution is 2.38. The second-order valence-corrected chi connectivity index (χ2v) is 14.8. The summed E-state index contributed by atoms with van der Waals surface area (Å²) in [6.45, 7) is 17.7. The third kappa shape index (κ3) is 6.22. The van der Waals surface area contributed by atoms with Crippen molar-refractivity contribution < 1.29 is 4.74 Å². The zero-order chi connectivity index (χ0) is 35.2. The number of aryl methyl sites for hydroxylation is 2. The summed E-state index contributed by atoms with van der Waals surface area (Å²) >= 11 is 0. The molecule has 7 aromatic rings. The van der Waals surface area contributed by atoms with Gasteiger partial charge in [-0.2, -0.15) is 5.10 Å². The lowest BCUT2D eigenvalue weighted by molar-refractivity contribution is 0.481. The molecule has 50 heavy (non-hydrogen) atoms. The molecule has 0 spiro atoms. The molecule has 0 aliphatic carbocycles. The average molecular weight is 661 g/mol. The molecule has 0 radical (unpaired) electrons. The standard InChI is InChI=1S/C45H48N4O/c1-9-14-31-17-20-41-39(23-31)38-19-18-36(28-42(38)48(41)43-26-34(21-22-46-43)45(6,7)8)50-37-25-33(29(3)4)24-35(27-37)49-40(10-2)44(30(5)47-49)32-15-12-11-13-16-32/h11-13,15-29H,9-10,14H2,1-8H3. The summed E-state index contributed by atoms with van der Waals surface area (Å²) < 4.78 is 11.2. The van der Waals surface area contributed by atoms with Gasteiger partial charge in [0.1, 0.15) is 17.3 Å². The summed E-state index contributed by atoms with van der Waals surface area (Å²) in [4.78, 5) is 4.90. The SMILES string of the molecule is CCCc1ccc2c(c1)c1ccc(Oc3cc(C(C)C)cc(-n4nc(C)c(-c5ccccc5)c4CC)c3)cc1n2-c1cc(C(C)(C)C)ccn1. The minimum Gasteiger partial charge on any atom is -0.457 e. The Morgan fingerprint density at radius 1 is 0.780 bits per heavy atom. The predicted octanol–water partition coefficient (Wildman–Crippen LogP) is 12.1. The molecule has 0 saturated carbocycles. The van der Waals surface area contributed by atoms with E-state index in [1.165, 1.54) is 44.3 Å². The second kappa shape index (κ2) is 13.3. The van der Waals surface area contributed by atoms with E-state index in [0.717, 1.165) is 59.0 Å². The lowest BCUT2D eigenvalue weighted by Crippen LogP contribution is -2.12. The maximum Gasteiger partial charge on any atom is 0.137 e. The van der Waals surface area contributed by atoms with Gasteiger partial charge in [-0.1, -0.05) is 91.3 Å². The Labute approximate surface area is 296 Å². The van der Waals surface area contributed by atoms with Crippen molar-refractivity contribution in [1.29, 1.82) is 0 Å². The molecule has 3 aromatic heterocycles. The van der Waals surface area contributed by atoms with Crippen LogP contribution < -0.4 is 4.74 Å². The Bertz CT molecular complexity index is 2320.